The lowest BCUT2D eigenvalue weighted by Crippen LogP contribution is -2.40. The topological polar surface area (TPSA) is 70.1 Å². The molecule has 112 valence electrons. The Morgan fingerprint density at radius 2 is 2.30 bits per heavy atom. The van der Waals surface area contributed by atoms with Gasteiger partial charge in [0.1, 0.15) is 0 Å². The molecule has 0 bridgehead atoms. The lowest BCUT2D eigenvalue weighted by atomic mass is 10.2. The fourth-order valence-electron chi connectivity index (χ4n) is 2.45. The number of anilines is 1. The first-order chi connectivity index (χ1) is 9.74. The molecule has 6 nitrogen and oxygen atoms in total. The SMILES string of the molecule is CCCNc1nnc(C(=O)NCC2CCCN2CC)s1. The van der Waals surface area contributed by atoms with Crippen LogP contribution in [0.2, 0.25) is 0 Å². The highest BCUT2D eigenvalue weighted by molar-refractivity contribution is 7.17. The Balaban J connectivity index is 1.81. The molecule has 1 atom stereocenters. The maximum absolute atomic E-state index is 12.0. The molecule has 1 fully saturated rings. The van der Waals surface area contributed by atoms with Gasteiger partial charge in [-0.15, -0.1) is 10.2 Å². The van der Waals surface area contributed by atoms with Gasteiger partial charge in [-0.05, 0) is 32.4 Å². The van der Waals surface area contributed by atoms with Crippen LogP contribution in [0.25, 0.3) is 0 Å². The highest BCUT2D eigenvalue weighted by atomic mass is 32.1. The van der Waals surface area contributed by atoms with E-state index >= 15 is 0 Å². The molecule has 1 amide bonds. The zero-order valence-electron chi connectivity index (χ0n) is 12.2. The molecule has 0 aliphatic carbocycles. The molecule has 1 unspecified atom stereocenters. The zero-order chi connectivity index (χ0) is 14.4. The van der Waals surface area contributed by atoms with Gasteiger partial charge in [0.05, 0.1) is 0 Å². The molecule has 1 aromatic rings. The third kappa shape index (κ3) is 3.89. The number of likely N-dealkylation sites (tertiary alicyclic amines) is 1. The molecule has 1 saturated heterocycles. The van der Waals surface area contributed by atoms with Crippen molar-refractivity contribution in [1.29, 1.82) is 0 Å². The minimum Gasteiger partial charge on any atom is -0.360 e. The van der Waals surface area contributed by atoms with Crippen LogP contribution >= 0.6 is 11.3 Å². The van der Waals surface area contributed by atoms with Crippen molar-refractivity contribution in [1.82, 2.24) is 20.4 Å². The van der Waals surface area contributed by atoms with Crippen molar-refractivity contribution in [2.45, 2.75) is 39.2 Å². The monoisotopic (exact) mass is 297 g/mol. The second kappa shape index (κ2) is 7.54. The number of aromatic nitrogens is 2. The Morgan fingerprint density at radius 3 is 3.05 bits per heavy atom. The van der Waals surface area contributed by atoms with Crippen molar-refractivity contribution < 1.29 is 4.79 Å². The van der Waals surface area contributed by atoms with E-state index in [4.69, 9.17) is 0 Å². The van der Waals surface area contributed by atoms with Crippen LogP contribution < -0.4 is 10.6 Å². The van der Waals surface area contributed by atoms with Crippen LogP contribution in [0.3, 0.4) is 0 Å². The molecule has 2 heterocycles. The molecule has 7 heteroatoms. The van der Waals surface area contributed by atoms with Crippen molar-refractivity contribution in [3.05, 3.63) is 5.01 Å². The highest BCUT2D eigenvalue weighted by Gasteiger charge is 2.23. The molecule has 2 N–H and O–H groups in total. The maximum Gasteiger partial charge on any atom is 0.282 e. The first kappa shape index (κ1) is 15.2. The molecule has 2 rings (SSSR count). The minimum atomic E-state index is -0.116. The van der Waals surface area contributed by atoms with E-state index in [-0.39, 0.29) is 5.91 Å². The quantitative estimate of drug-likeness (QED) is 0.799. The van der Waals surface area contributed by atoms with Gasteiger partial charge in [0.25, 0.3) is 5.91 Å². The summed E-state index contributed by atoms with van der Waals surface area (Å²) in [5.74, 6) is -0.116. The number of carbonyl (C=O) groups is 1. The van der Waals surface area contributed by atoms with Gasteiger partial charge in [0.2, 0.25) is 10.1 Å². The van der Waals surface area contributed by atoms with Gasteiger partial charge in [0, 0.05) is 19.1 Å². The van der Waals surface area contributed by atoms with Crippen LogP contribution in [0.4, 0.5) is 5.13 Å². The molecule has 20 heavy (non-hydrogen) atoms. The number of hydrogen-bond acceptors (Lipinski definition) is 6. The van der Waals surface area contributed by atoms with Gasteiger partial charge in [-0.25, -0.2) is 0 Å². The first-order valence-electron chi connectivity index (χ1n) is 7.34. The van der Waals surface area contributed by atoms with E-state index in [0.29, 0.717) is 22.7 Å². The van der Waals surface area contributed by atoms with Crippen LogP contribution in [0.1, 0.15) is 42.9 Å². The van der Waals surface area contributed by atoms with Crippen LogP contribution in [0.5, 0.6) is 0 Å². The van der Waals surface area contributed by atoms with Crippen molar-refractivity contribution in [2.75, 3.05) is 31.5 Å². The van der Waals surface area contributed by atoms with Crippen molar-refractivity contribution >= 4 is 22.4 Å². The van der Waals surface area contributed by atoms with Crippen molar-refractivity contribution in [3.63, 3.8) is 0 Å². The van der Waals surface area contributed by atoms with E-state index in [1.165, 1.54) is 17.8 Å². The molecule has 1 aromatic heterocycles. The Morgan fingerprint density at radius 1 is 1.45 bits per heavy atom. The van der Waals surface area contributed by atoms with Crippen LogP contribution in [0, 0.1) is 0 Å². The lowest BCUT2D eigenvalue weighted by Gasteiger charge is -2.22. The average molecular weight is 297 g/mol. The number of nitrogens with zero attached hydrogens (tertiary/aromatic N) is 3. The largest absolute Gasteiger partial charge is 0.360 e. The van der Waals surface area contributed by atoms with E-state index in [9.17, 15) is 4.79 Å². The van der Waals surface area contributed by atoms with E-state index in [2.05, 4.69) is 39.6 Å². The number of amides is 1. The van der Waals surface area contributed by atoms with E-state index < -0.39 is 0 Å². The van der Waals surface area contributed by atoms with E-state index in [0.717, 1.165) is 32.5 Å². The Labute approximate surface area is 124 Å². The first-order valence-corrected chi connectivity index (χ1v) is 8.15. The zero-order valence-corrected chi connectivity index (χ0v) is 13.0. The summed E-state index contributed by atoms with van der Waals surface area (Å²) >= 11 is 1.31. The number of nitrogens with one attached hydrogen (secondary N) is 2. The highest BCUT2D eigenvalue weighted by Crippen LogP contribution is 2.17. The summed E-state index contributed by atoms with van der Waals surface area (Å²) in [5.41, 5.74) is 0. The summed E-state index contributed by atoms with van der Waals surface area (Å²) in [6, 6.07) is 0.467. The average Bonchev–Trinajstić information content (AvgIpc) is 3.11. The summed E-state index contributed by atoms with van der Waals surface area (Å²) < 4.78 is 0. The predicted octanol–water partition coefficient (Wildman–Crippen LogP) is 1.57. The summed E-state index contributed by atoms with van der Waals surface area (Å²) in [6.07, 6.45) is 3.40. The number of hydrogen-bond donors (Lipinski definition) is 2. The molecule has 0 spiro atoms. The standard InChI is InChI=1S/C13H23N5OS/c1-3-7-14-13-17-16-12(20-13)11(19)15-9-10-6-5-8-18(10)4-2/h10H,3-9H2,1-2H3,(H,14,17)(H,15,19). The minimum absolute atomic E-state index is 0.116. The summed E-state index contributed by atoms with van der Waals surface area (Å²) in [4.78, 5) is 14.4. The fourth-order valence-corrected chi connectivity index (χ4v) is 3.13. The molecule has 1 aliphatic rings. The normalized spacial score (nSPS) is 19.2. The lowest BCUT2D eigenvalue weighted by molar-refractivity contribution is 0.0940. The molecule has 0 saturated carbocycles. The number of rotatable bonds is 7. The number of carbonyl (C=O) groups excluding carboxylic acids is 1. The molecule has 0 aromatic carbocycles. The van der Waals surface area contributed by atoms with E-state index in [1.807, 2.05) is 0 Å². The molecular formula is C13H23N5OS. The Kier molecular flexibility index (Phi) is 5.72. The Hall–Kier alpha value is -1.21. The number of likely N-dealkylation sites (N-methyl/N-ethyl adjacent to an activating group) is 1. The van der Waals surface area contributed by atoms with Gasteiger partial charge in [0.15, 0.2) is 0 Å². The predicted molar refractivity (Wildman–Crippen MR) is 81.3 cm³/mol. The second-order valence-corrected chi connectivity index (χ2v) is 5.95. The van der Waals surface area contributed by atoms with Gasteiger partial charge in [-0.1, -0.05) is 25.2 Å². The van der Waals surface area contributed by atoms with Gasteiger partial charge >= 0.3 is 0 Å². The molecular weight excluding hydrogens is 274 g/mol. The second-order valence-electron chi connectivity index (χ2n) is 4.97. The van der Waals surface area contributed by atoms with Crippen LogP contribution in [-0.2, 0) is 0 Å². The smallest absolute Gasteiger partial charge is 0.282 e. The third-order valence-corrected chi connectivity index (χ3v) is 4.43. The van der Waals surface area contributed by atoms with Crippen molar-refractivity contribution in [2.24, 2.45) is 0 Å². The molecule has 0 radical (unpaired) electrons. The van der Waals surface area contributed by atoms with Gasteiger partial charge in [-0.2, -0.15) is 0 Å². The summed E-state index contributed by atoms with van der Waals surface area (Å²) in [6.45, 7) is 7.98. The summed E-state index contributed by atoms with van der Waals surface area (Å²) in [5, 5.41) is 15.2. The Bertz CT molecular complexity index is 436. The van der Waals surface area contributed by atoms with Gasteiger partial charge < -0.3 is 10.6 Å². The third-order valence-electron chi connectivity index (χ3n) is 3.55. The van der Waals surface area contributed by atoms with Crippen LogP contribution in [0.15, 0.2) is 0 Å². The molecule has 1 aliphatic heterocycles. The maximum atomic E-state index is 12.0. The van der Waals surface area contributed by atoms with E-state index in [1.54, 1.807) is 0 Å². The van der Waals surface area contributed by atoms with Gasteiger partial charge in [-0.3, -0.25) is 9.69 Å². The van der Waals surface area contributed by atoms with Crippen molar-refractivity contribution in [3.8, 4) is 0 Å². The summed E-state index contributed by atoms with van der Waals surface area (Å²) in [7, 11) is 0. The fraction of sp³-hybridized carbons (Fsp3) is 0.769. The van der Waals surface area contributed by atoms with Crippen LogP contribution in [-0.4, -0.2) is 53.2 Å².